The Kier molecular flexibility index (Phi) is 3.90. The van der Waals surface area contributed by atoms with Crippen LogP contribution in [0.2, 0.25) is 0 Å². The summed E-state index contributed by atoms with van der Waals surface area (Å²) in [6.45, 7) is 1.56. The molecule has 0 radical (unpaired) electrons. The molecule has 3 aromatic rings. The number of rotatable bonds is 5. The van der Waals surface area contributed by atoms with Crippen LogP contribution in [0.5, 0.6) is 0 Å². The van der Waals surface area contributed by atoms with Gasteiger partial charge in [0.1, 0.15) is 4.92 Å². The standard InChI is InChI=1S/C11H9N9O5/c1-5-8(14-18-19(5)10-9(12)16-25-17-10)11(21)15-13-4-6-2-3-7(24-6)20(22)23/h2-4H,1H3,(H2,12,16)(H,15,21)/b13-4-. The molecule has 0 atom stereocenters. The fourth-order valence-corrected chi connectivity index (χ4v) is 1.80. The van der Waals surface area contributed by atoms with Crippen LogP contribution in [0.3, 0.4) is 0 Å². The average Bonchev–Trinajstić information content (AvgIpc) is 3.27. The minimum Gasteiger partial charge on any atom is -0.400 e. The van der Waals surface area contributed by atoms with Crippen molar-refractivity contribution in [3.8, 4) is 5.82 Å². The number of hydrogen-bond donors (Lipinski definition) is 2. The van der Waals surface area contributed by atoms with Crippen molar-refractivity contribution in [2.24, 2.45) is 5.10 Å². The van der Waals surface area contributed by atoms with Crippen molar-refractivity contribution in [1.82, 2.24) is 30.7 Å². The number of aromatic nitrogens is 5. The molecule has 128 valence electrons. The molecular weight excluding hydrogens is 338 g/mol. The minimum atomic E-state index is -0.692. The predicted molar refractivity (Wildman–Crippen MR) is 78.8 cm³/mol. The summed E-state index contributed by atoms with van der Waals surface area (Å²) < 4.78 is 10.5. The Morgan fingerprint density at radius 2 is 2.28 bits per heavy atom. The Bertz CT molecular complexity index is 968. The van der Waals surface area contributed by atoms with Crippen LogP contribution < -0.4 is 11.2 Å². The molecule has 0 saturated heterocycles. The monoisotopic (exact) mass is 347 g/mol. The third-order valence-corrected chi connectivity index (χ3v) is 2.96. The number of hydrogen-bond acceptors (Lipinski definition) is 11. The van der Waals surface area contributed by atoms with Gasteiger partial charge in [0.05, 0.1) is 18.0 Å². The first-order valence-corrected chi connectivity index (χ1v) is 6.55. The SMILES string of the molecule is Cc1c(C(=O)N/N=C\c2ccc([N+](=O)[O-])o2)nnn1-c1nonc1N. The molecule has 0 bridgehead atoms. The lowest BCUT2D eigenvalue weighted by molar-refractivity contribution is -0.402. The van der Waals surface area contributed by atoms with Gasteiger partial charge in [-0.15, -0.1) is 5.10 Å². The topological polar surface area (TPSA) is 193 Å². The van der Waals surface area contributed by atoms with Crippen molar-refractivity contribution in [2.75, 3.05) is 5.73 Å². The lowest BCUT2D eigenvalue weighted by Gasteiger charge is -1.98. The van der Waals surface area contributed by atoms with Gasteiger partial charge in [-0.2, -0.15) is 9.78 Å². The van der Waals surface area contributed by atoms with E-state index in [0.717, 1.165) is 12.3 Å². The van der Waals surface area contributed by atoms with Crippen LogP contribution in [0, 0.1) is 17.0 Å². The number of nitrogen functional groups attached to an aromatic ring is 1. The van der Waals surface area contributed by atoms with Crippen LogP contribution >= 0.6 is 0 Å². The molecular formula is C11H9N9O5. The first-order valence-electron chi connectivity index (χ1n) is 6.55. The molecule has 0 fully saturated rings. The molecule has 0 aliphatic carbocycles. The zero-order valence-corrected chi connectivity index (χ0v) is 12.5. The lowest BCUT2D eigenvalue weighted by Crippen LogP contribution is -2.19. The molecule has 25 heavy (non-hydrogen) atoms. The number of nitro groups is 1. The number of carbonyl (C=O) groups excluding carboxylic acids is 1. The molecule has 0 aliphatic rings. The molecule has 0 unspecified atom stereocenters. The van der Waals surface area contributed by atoms with E-state index in [9.17, 15) is 14.9 Å². The summed E-state index contributed by atoms with van der Waals surface area (Å²) in [5, 5.41) is 28.6. The maximum atomic E-state index is 12.1. The molecule has 1 amide bonds. The zero-order valence-electron chi connectivity index (χ0n) is 12.5. The summed E-state index contributed by atoms with van der Waals surface area (Å²) >= 11 is 0. The van der Waals surface area contributed by atoms with E-state index in [0.29, 0.717) is 5.69 Å². The second-order valence-corrected chi connectivity index (χ2v) is 4.54. The number of nitrogens with zero attached hydrogens (tertiary/aromatic N) is 7. The molecule has 14 heteroatoms. The first kappa shape index (κ1) is 15.8. The highest BCUT2D eigenvalue weighted by Gasteiger charge is 2.20. The van der Waals surface area contributed by atoms with Crippen molar-refractivity contribution in [2.45, 2.75) is 6.92 Å². The molecule has 0 aromatic carbocycles. The summed E-state index contributed by atoms with van der Waals surface area (Å²) in [5.74, 6) is -0.942. The van der Waals surface area contributed by atoms with E-state index in [-0.39, 0.29) is 23.1 Å². The summed E-state index contributed by atoms with van der Waals surface area (Å²) in [7, 11) is 0. The molecule has 0 saturated carbocycles. The summed E-state index contributed by atoms with van der Waals surface area (Å²) in [4.78, 5) is 21.9. The summed E-state index contributed by atoms with van der Waals surface area (Å²) in [6, 6.07) is 2.49. The van der Waals surface area contributed by atoms with Crippen LogP contribution in [0.25, 0.3) is 5.82 Å². The van der Waals surface area contributed by atoms with E-state index in [1.807, 2.05) is 0 Å². The third kappa shape index (κ3) is 3.03. The van der Waals surface area contributed by atoms with Gasteiger partial charge in [-0.1, -0.05) is 5.21 Å². The lowest BCUT2D eigenvalue weighted by atomic mass is 10.3. The average molecular weight is 347 g/mol. The van der Waals surface area contributed by atoms with Gasteiger partial charge in [-0.05, 0) is 23.3 Å². The van der Waals surface area contributed by atoms with Gasteiger partial charge in [0, 0.05) is 0 Å². The van der Waals surface area contributed by atoms with Gasteiger partial charge in [-0.3, -0.25) is 14.9 Å². The quantitative estimate of drug-likeness (QED) is 0.354. The van der Waals surface area contributed by atoms with Gasteiger partial charge in [0.15, 0.2) is 11.5 Å². The number of nitrogens with one attached hydrogen (secondary N) is 1. The Morgan fingerprint density at radius 1 is 1.48 bits per heavy atom. The number of amides is 1. The smallest absolute Gasteiger partial charge is 0.400 e. The number of nitrogens with two attached hydrogens (primary N) is 1. The third-order valence-electron chi connectivity index (χ3n) is 2.96. The van der Waals surface area contributed by atoms with Crippen LogP contribution in [0.15, 0.2) is 26.3 Å². The molecule has 3 aromatic heterocycles. The highest BCUT2D eigenvalue weighted by molar-refractivity contribution is 5.93. The molecule has 3 rings (SSSR count). The second-order valence-electron chi connectivity index (χ2n) is 4.54. The van der Waals surface area contributed by atoms with Gasteiger partial charge < -0.3 is 10.2 Å². The molecule has 14 nitrogen and oxygen atoms in total. The van der Waals surface area contributed by atoms with Crippen molar-refractivity contribution in [3.63, 3.8) is 0 Å². The number of hydrazone groups is 1. The molecule has 3 heterocycles. The van der Waals surface area contributed by atoms with E-state index in [1.54, 1.807) is 6.92 Å². The molecule has 0 spiro atoms. The Hall–Kier alpha value is -4.10. The molecule has 3 N–H and O–H groups in total. The van der Waals surface area contributed by atoms with E-state index < -0.39 is 16.7 Å². The van der Waals surface area contributed by atoms with Gasteiger partial charge in [0.2, 0.25) is 11.6 Å². The second kappa shape index (κ2) is 6.19. The Balaban J connectivity index is 1.71. The maximum absolute atomic E-state index is 12.1. The maximum Gasteiger partial charge on any atom is 0.433 e. The fraction of sp³-hybridized carbons (Fsp3) is 0.0909. The van der Waals surface area contributed by atoms with Crippen LogP contribution in [0.4, 0.5) is 11.7 Å². The number of carbonyl (C=O) groups is 1. The van der Waals surface area contributed by atoms with Gasteiger partial charge >= 0.3 is 5.88 Å². The minimum absolute atomic E-state index is 0.0163. The van der Waals surface area contributed by atoms with Crippen LogP contribution in [-0.4, -0.2) is 42.4 Å². The highest BCUT2D eigenvalue weighted by atomic mass is 16.6. The Morgan fingerprint density at radius 3 is 2.92 bits per heavy atom. The van der Waals surface area contributed by atoms with Crippen molar-refractivity contribution < 1.29 is 18.8 Å². The van der Waals surface area contributed by atoms with Crippen LogP contribution in [0.1, 0.15) is 21.9 Å². The number of furan rings is 1. The van der Waals surface area contributed by atoms with E-state index >= 15 is 0 Å². The normalized spacial score (nSPS) is 11.1. The number of anilines is 1. The van der Waals surface area contributed by atoms with E-state index in [2.05, 4.69) is 35.8 Å². The van der Waals surface area contributed by atoms with E-state index in [1.165, 1.54) is 10.7 Å². The Labute approximate surface area is 137 Å². The van der Waals surface area contributed by atoms with Crippen molar-refractivity contribution in [3.05, 3.63) is 39.4 Å². The van der Waals surface area contributed by atoms with Crippen LogP contribution in [-0.2, 0) is 0 Å². The van der Waals surface area contributed by atoms with Crippen molar-refractivity contribution >= 4 is 23.8 Å². The van der Waals surface area contributed by atoms with Gasteiger partial charge in [-0.25, -0.2) is 10.1 Å². The largest absolute Gasteiger partial charge is 0.433 e. The fourth-order valence-electron chi connectivity index (χ4n) is 1.80. The van der Waals surface area contributed by atoms with Crippen molar-refractivity contribution in [1.29, 1.82) is 0 Å². The summed E-state index contributed by atoms with van der Waals surface area (Å²) in [5.41, 5.74) is 8.04. The highest BCUT2D eigenvalue weighted by Crippen LogP contribution is 2.15. The predicted octanol–water partition coefficient (Wildman–Crippen LogP) is -0.194. The zero-order chi connectivity index (χ0) is 18.0. The van der Waals surface area contributed by atoms with E-state index in [4.69, 9.17) is 10.2 Å². The first-order chi connectivity index (χ1) is 12.0. The molecule has 0 aliphatic heterocycles. The summed E-state index contributed by atoms with van der Waals surface area (Å²) in [6.07, 6.45) is 1.10. The van der Waals surface area contributed by atoms with Gasteiger partial charge in [0.25, 0.3) is 5.91 Å².